The van der Waals surface area contributed by atoms with E-state index in [1.807, 2.05) is 24.3 Å². The molecule has 0 amide bonds. The fourth-order valence-corrected chi connectivity index (χ4v) is 2.49. The van der Waals surface area contributed by atoms with Crippen LogP contribution in [0.25, 0.3) is 0 Å². The number of anilines is 4. The third-order valence-corrected chi connectivity index (χ3v) is 4.05. The Kier molecular flexibility index (Phi) is 5.19. The van der Waals surface area contributed by atoms with Crippen LogP contribution < -0.4 is 16.4 Å². The largest absolute Gasteiger partial charge is 0.478 e. The van der Waals surface area contributed by atoms with Gasteiger partial charge in [0.25, 0.3) is 0 Å². The number of carboxylic acids is 1. The van der Waals surface area contributed by atoms with Crippen LogP contribution in [0.3, 0.4) is 0 Å². The van der Waals surface area contributed by atoms with E-state index in [-0.39, 0.29) is 5.56 Å². The first kappa shape index (κ1) is 17.5. The molecule has 3 rings (SSSR count). The van der Waals surface area contributed by atoms with Crippen molar-refractivity contribution in [1.82, 2.24) is 9.97 Å². The molecule has 0 atom stereocenters. The summed E-state index contributed by atoms with van der Waals surface area (Å²) in [4.78, 5) is 19.2. The molecule has 0 aliphatic carbocycles. The third kappa shape index (κ3) is 4.01. The van der Waals surface area contributed by atoms with Gasteiger partial charge in [0.15, 0.2) is 11.6 Å². The minimum Gasteiger partial charge on any atom is -0.478 e. The van der Waals surface area contributed by atoms with Gasteiger partial charge in [-0.3, -0.25) is 0 Å². The molecule has 0 unspecified atom stereocenters. The number of benzene rings is 2. The second kappa shape index (κ2) is 7.71. The van der Waals surface area contributed by atoms with Crippen molar-refractivity contribution < 1.29 is 9.90 Å². The zero-order valence-corrected chi connectivity index (χ0v) is 14.4. The highest BCUT2D eigenvalue weighted by Gasteiger charge is 2.10. The summed E-state index contributed by atoms with van der Waals surface area (Å²) in [6.07, 6.45) is 1.39. The van der Waals surface area contributed by atoms with Gasteiger partial charge >= 0.3 is 5.97 Å². The van der Waals surface area contributed by atoms with Gasteiger partial charge in [0.1, 0.15) is 12.0 Å². The second-order valence-corrected chi connectivity index (χ2v) is 5.84. The van der Waals surface area contributed by atoms with Crippen LogP contribution in [0.2, 0.25) is 5.02 Å². The molecule has 0 aliphatic rings. The minimum atomic E-state index is -0.982. The molecule has 0 bridgehead atoms. The summed E-state index contributed by atoms with van der Waals surface area (Å²) < 4.78 is 0. The number of hydrogen-bond donors (Lipinski definition) is 4. The number of hydrogen-bond acceptors (Lipinski definition) is 6. The van der Waals surface area contributed by atoms with Gasteiger partial charge in [0, 0.05) is 17.3 Å². The van der Waals surface area contributed by atoms with Crippen molar-refractivity contribution in [2.45, 2.75) is 6.54 Å². The van der Waals surface area contributed by atoms with Crippen molar-refractivity contribution in [3.63, 3.8) is 0 Å². The zero-order chi connectivity index (χ0) is 18.5. The van der Waals surface area contributed by atoms with Crippen molar-refractivity contribution in [3.8, 4) is 0 Å². The second-order valence-electron chi connectivity index (χ2n) is 5.44. The molecule has 0 saturated heterocycles. The summed E-state index contributed by atoms with van der Waals surface area (Å²) in [5.41, 5.74) is 8.27. The maximum atomic E-state index is 10.9. The van der Waals surface area contributed by atoms with Crippen molar-refractivity contribution in [2.24, 2.45) is 0 Å². The van der Waals surface area contributed by atoms with Crippen LogP contribution in [0.4, 0.5) is 23.0 Å². The van der Waals surface area contributed by atoms with E-state index in [1.54, 1.807) is 12.1 Å². The number of nitrogens with two attached hydrogens (primary N) is 1. The van der Waals surface area contributed by atoms with Gasteiger partial charge in [0.2, 0.25) is 0 Å². The van der Waals surface area contributed by atoms with E-state index in [2.05, 4.69) is 20.6 Å². The number of aromatic nitrogens is 2. The van der Waals surface area contributed by atoms with E-state index in [9.17, 15) is 4.79 Å². The van der Waals surface area contributed by atoms with Crippen LogP contribution in [0, 0.1) is 0 Å². The molecule has 5 N–H and O–H groups in total. The van der Waals surface area contributed by atoms with E-state index >= 15 is 0 Å². The van der Waals surface area contributed by atoms with Gasteiger partial charge in [-0.05, 0) is 35.9 Å². The summed E-state index contributed by atoms with van der Waals surface area (Å²) in [7, 11) is 0. The maximum Gasteiger partial charge on any atom is 0.335 e. The molecule has 0 saturated carbocycles. The number of nitrogens with one attached hydrogen (secondary N) is 2. The lowest BCUT2D eigenvalue weighted by Crippen LogP contribution is -2.08. The first-order valence-corrected chi connectivity index (χ1v) is 8.10. The van der Waals surface area contributed by atoms with Crippen LogP contribution in [0.15, 0.2) is 54.9 Å². The maximum absolute atomic E-state index is 10.9. The number of nitrogen functional groups attached to an aromatic ring is 1. The fraction of sp³-hybridized carbons (Fsp3) is 0.0556. The van der Waals surface area contributed by atoms with Gasteiger partial charge in [-0.2, -0.15) is 0 Å². The smallest absolute Gasteiger partial charge is 0.335 e. The molecule has 1 heterocycles. The molecule has 1 aromatic heterocycles. The lowest BCUT2D eigenvalue weighted by atomic mass is 10.2. The molecule has 0 spiro atoms. The monoisotopic (exact) mass is 369 g/mol. The van der Waals surface area contributed by atoms with Crippen molar-refractivity contribution in [2.75, 3.05) is 16.4 Å². The molecule has 7 nitrogen and oxygen atoms in total. The van der Waals surface area contributed by atoms with Gasteiger partial charge in [-0.25, -0.2) is 14.8 Å². The standard InChI is InChI=1S/C18H16ClN5O2/c19-14-4-2-1-3-12(14)9-21-16-15(20)17(23-10-22-16)24-13-7-5-11(6-8-13)18(25)26/h1-8,10H,9,20H2,(H,25,26)(H2,21,22,23,24). The number of rotatable bonds is 6. The highest BCUT2D eigenvalue weighted by atomic mass is 35.5. The Balaban J connectivity index is 1.74. The predicted octanol–water partition coefficient (Wildman–Crippen LogP) is 3.77. The number of carboxylic acid groups (broad SMARTS) is 1. The summed E-state index contributed by atoms with van der Waals surface area (Å²) in [5, 5.41) is 15.8. The van der Waals surface area contributed by atoms with Crippen molar-refractivity contribution in [1.29, 1.82) is 0 Å². The first-order chi connectivity index (χ1) is 12.5. The highest BCUT2D eigenvalue weighted by Crippen LogP contribution is 2.27. The Morgan fingerprint density at radius 1 is 1.08 bits per heavy atom. The van der Waals surface area contributed by atoms with E-state index in [4.69, 9.17) is 22.4 Å². The third-order valence-electron chi connectivity index (χ3n) is 3.68. The quantitative estimate of drug-likeness (QED) is 0.523. The summed E-state index contributed by atoms with van der Waals surface area (Å²) in [6.45, 7) is 0.466. The molecule has 3 aromatic rings. The van der Waals surface area contributed by atoms with Crippen LogP contribution in [-0.4, -0.2) is 21.0 Å². The van der Waals surface area contributed by atoms with Gasteiger partial charge in [-0.1, -0.05) is 29.8 Å². The molecule has 0 radical (unpaired) electrons. The van der Waals surface area contributed by atoms with Crippen LogP contribution in [0.1, 0.15) is 15.9 Å². The van der Waals surface area contributed by atoms with E-state index in [0.29, 0.717) is 34.6 Å². The van der Waals surface area contributed by atoms with Gasteiger partial charge in [-0.15, -0.1) is 0 Å². The molecular weight excluding hydrogens is 354 g/mol. The SMILES string of the molecule is Nc1c(NCc2ccccc2Cl)ncnc1Nc1ccc(C(=O)O)cc1. The Hall–Kier alpha value is -3.32. The number of aromatic carboxylic acids is 1. The van der Waals surface area contributed by atoms with Gasteiger partial charge in [0.05, 0.1) is 5.56 Å². The van der Waals surface area contributed by atoms with E-state index in [0.717, 1.165) is 5.56 Å². The molecule has 0 aliphatic heterocycles. The predicted molar refractivity (Wildman–Crippen MR) is 102 cm³/mol. The summed E-state index contributed by atoms with van der Waals surface area (Å²) in [5.74, 6) is -0.0848. The summed E-state index contributed by atoms with van der Waals surface area (Å²) in [6, 6.07) is 13.8. The van der Waals surface area contributed by atoms with Gasteiger partial charge < -0.3 is 21.5 Å². The lowest BCUT2D eigenvalue weighted by Gasteiger charge is -2.13. The highest BCUT2D eigenvalue weighted by molar-refractivity contribution is 6.31. The van der Waals surface area contributed by atoms with Crippen LogP contribution >= 0.6 is 11.6 Å². The number of halogens is 1. The molecule has 132 valence electrons. The van der Waals surface area contributed by atoms with Crippen molar-refractivity contribution >= 4 is 40.6 Å². The Bertz CT molecular complexity index is 931. The van der Waals surface area contributed by atoms with E-state index in [1.165, 1.54) is 18.5 Å². The lowest BCUT2D eigenvalue weighted by molar-refractivity contribution is 0.0697. The van der Waals surface area contributed by atoms with E-state index < -0.39 is 5.97 Å². The first-order valence-electron chi connectivity index (χ1n) is 7.72. The normalized spacial score (nSPS) is 10.3. The molecule has 2 aromatic carbocycles. The minimum absolute atomic E-state index is 0.202. The molecule has 0 fully saturated rings. The molecule has 26 heavy (non-hydrogen) atoms. The fourth-order valence-electron chi connectivity index (χ4n) is 2.29. The number of carbonyl (C=O) groups is 1. The van der Waals surface area contributed by atoms with Crippen LogP contribution in [0.5, 0.6) is 0 Å². The average molecular weight is 370 g/mol. The Morgan fingerprint density at radius 2 is 1.77 bits per heavy atom. The average Bonchev–Trinajstić information content (AvgIpc) is 2.64. The van der Waals surface area contributed by atoms with Crippen LogP contribution in [-0.2, 0) is 6.54 Å². The topological polar surface area (TPSA) is 113 Å². The Labute approximate surface area is 154 Å². The molecular formula is C18H16ClN5O2. The zero-order valence-electron chi connectivity index (χ0n) is 13.6. The molecule has 8 heteroatoms. The summed E-state index contributed by atoms with van der Waals surface area (Å²) >= 11 is 6.15. The Morgan fingerprint density at radius 3 is 2.46 bits per heavy atom. The number of nitrogens with zero attached hydrogens (tertiary/aromatic N) is 2. The van der Waals surface area contributed by atoms with Crippen molar-refractivity contribution in [3.05, 3.63) is 71.0 Å².